The van der Waals surface area contributed by atoms with Crippen LogP contribution in [0.5, 0.6) is 0 Å². The summed E-state index contributed by atoms with van der Waals surface area (Å²) >= 11 is 1.49. The second kappa shape index (κ2) is 8.52. The van der Waals surface area contributed by atoms with E-state index in [-0.39, 0.29) is 5.91 Å². The van der Waals surface area contributed by atoms with Gasteiger partial charge in [-0.15, -0.1) is 10.2 Å². The molecule has 25 heavy (non-hydrogen) atoms. The number of hydrogen-bond acceptors (Lipinski definition) is 4. The third-order valence-corrected chi connectivity index (χ3v) is 5.83. The molecule has 5 nitrogen and oxygen atoms in total. The Labute approximate surface area is 153 Å². The van der Waals surface area contributed by atoms with Gasteiger partial charge in [0.1, 0.15) is 5.82 Å². The molecule has 1 saturated carbocycles. The average Bonchev–Trinajstić information content (AvgIpc) is 3.09. The number of para-hydroxylation sites is 1. The van der Waals surface area contributed by atoms with Crippen molar-refractivity contribution in [2.75, 3.05) is 17.7 Å². The topological polar surface area (TPSA) is 51.0 Å². The van der Waals surface area contributed by atoms with Gasteiger partial charge >= 0.3 is 0 Å². The highest BCUT2D eigenvalue weighted by molar-refractivity contribution is 7.99. The van der Waals surface area contributed by atoms with E-state index in [1.54, 1.807) is 4.90 Å². The van der Waals surface area contributed by atoms with Crippen LogP contribution < -0.4 is 4.90 Å². The number of carbonyl (C=O) groups is 1. The summed E-state index contributed by atoms with van der Waals surface area (Å²) in [6.07, 6.45) is 6.31. The molecule has 3 rings (SSSR count). The Morgan fingerprint density at radius 2 is 1.92 bits per heavy atom. The van der Waals surface area contributed by atoms with Crippen LogP contribution in [0.3, 0.4) is 0 Å². The van der Waals surface area contributed by atoms with Gasteiger partial charge in [0.2, 0.25) is 5.91 Å². The van der Waals surface area contributed by atoms with E-state index in [4.69, 9.17) is 0 Å². The van der Waals surface area contributed by atoms with Crippen LogP contribution >= 0.6 is 11.8 Å². The van der Waals surface area contributed by atoms with Crippen molar-refractivity contribution in [3.05, 3.63) is 36.2 Å². The predicted octanol–water partition coefficient (Wildman–Crippen LogP) is 4.10. The Hall–Kier alpha value is -1.82. The molecule has 6 heteroatoms. The molecule has 0 radical (unpaired) electrons. The fourth-order valence-electron chi connectivity index (χ4n) is 3.39. The molecule has 1 aromatic carbocycles. The summed E-state index contributed by atoms with van der Waals surface area (Å²) in [6, 6.07) is 9.72. The predicted molar refractivity (Wildman–Crippen MR) is 102 cm³/mol. The van der Waals surface area contributed by atoms with Gasteiger partial charge in [0.25, 0.3) is 0 Å². The number of carbonyl (C=O) groups excluding carboxylic acids is 1. The van der Waals surface area contributed by atoms with E-state index < -0.39 is 0 Å². The summed E-state index contributed by atoms with van der Waals surface area (Å²) in [6.45, 7) is 2.97. The first-order valence-corrected chi connectivity index (χ1v) is 10.1. The first-order chi connectivity index (χ1) is 12.2. The lowest BCUT2D eigenvalue weighted by molar-refractivity contribution is -0.115. The fourth-order valence-corrected chi connectivity index (χ4v) is 4.31. The molecule has 134 valence electrons. The van der Waals surface area contributed by atoms with Gasteiger partial charge in [-0.3, -0.25) is 4.79 Å². The molecule has 0 atom stereocenters. The number of benzene rings is 1. The number of aromatic nitrogens is 3. The Kier molecular flexibility index (Phi) is 6.13. The zero-order chi connectivity index (χ0) is 17.6. The molecule has 0 N–H and O–H groups in total. The minimum atomic E-state index is 0.0704. The smallest absolute Gasteiger partial charge is 0.237 e. The zero-order valence-electron chi connectivity index (χ0n) is 15.0. The molecule has 1 aliphatic rings. The first kappa shape index (κ1) is 18.0. The van der Waals surface area contributed by atoms with E-state index in [1.807, 2.05) is 37.4 Å². The lowest BCUT2D eigenvalue weighted by Crippen LogP contribution is -2.28. The maximum Gasteiger partial charge on any atom is 0.237 e. The van der Waals surface area contributed by atoms with Gasteiger partial charge in [-0.1, -0.05) is 49.2 Å². The van der Waals surface area contributed by atoms with Crippen molar-refractivity contribution in [3.63, 3.8) is 0 Å². The van der Waals surface area contributed by atoms with Crippen molar-refractivity contribution < 1.29 is 4.79 Å². The Morgan fingerprint density at radius 3 is 2.60 bits per heavy atom. The van der Waals surface area contributed by atoms with Crippen molar-refractivity contribution in [2.45, 2.75) is 56.6 Å². The van der Waals surface area contributed by atoms with Gasteiger partial charge in [-0.25, -0.2) is 0 Å². The molecule has 1 aliphatic carbocycles. The normalized spacial score (nSPS) is 15.3. The Morgan fingerprint density at radius 1 is 1.20 bits per heavy atom. The molecule has 0 aliphatic heterocycles. The van der Waals surface area contributed by atoms with Crippen LogP contribution in [0, 0.1) is 0 Å². The van der Waals surface area contributed by atoms with Gasteiger partial charge in [-0.2, -0.15) is 0 Å². The van der Waals surface area contributed by atoms with Crippen molar-refractivity contribution in [1.29, 1.82) is 0 Å². The number of nitrogens with zero attached hydrogens (tertiary/aromatic N) is 4. The fraction of sp³-hybridized carbons (Fsp3) is 0.526. The summed E-state index contributed by atoms with van der Waals surface area (Å²) in [4.78, 5) is 14.2. The number of thioether (sulfide) groups is 1. The van der Waals surface area contributed by atoms with E-state index in [9.17, 15) is 4.79 Å². The monoisotopic (exact) mass is 358 g/mol. The van der Waals surface area contributed by atoms with Crippen LogP contribution in [0.2, 0.25) is 0 Å². The third kappa shape index (κ3) is 4.24. The number of amides is 1. The minimum absolute atomic E-state index is 0.0704. The summed E-state index contributed by atoms with van der Waals surface area (Å²) in [5.41, 5.74) is 0.910. The SMILES string of the molecule is CCn1c(SCC(=O)N(C)c2ccccc2)nnc1C1CCCCC1. The van der Waals surface area contributed by atoms with Gasteiger partial charge in [0.05, 0.1) is 5.75 Å². The molecule has 1 amide bonds. The zero-order valence-corrected chi connectivity index (χ0v) is 15.8. The lowest BCUT2D eigenvalue weighted by Gasteiger charge is -2.21. The van der Waals surface area contributed by atoms with Gasteiger partial charge in [0.15, 0.2) is 5.16 Å². The molecule has 1 fully saturated rings. The van der Waals surface area contributed by atoms with Crippen molar-refractivity contribution in [1.82, 2.24) is 14.8 Å². The summed E-state index contributed by atoms with van der Waals surface area (Å²) in [5.74, 6) is 2.07. The highest BCUT2D eigenvalue weighted by Gasteiger charge is 2.23. The number of rotatable bonds is 6. The quantitative estimate of drug-likeness (QED) is 0.730. The average molecular weight is 359 g/mol. The van der Waals surface area contributed by atoms with E-state index >= 15 is 0 Å². The van der Waals surface area contributed by atoms with Crippen LogP contribution in [-0.2, 0) is 11.3 Å². The Bertz CT molecular complexity index is 695. The molecular weight excluding hydrogens is 332 g/mol. The minimum Gasteiger partial charge on any atom is -0.315 e. The van der Waals surface area contributed by atoms with Gasteiger partial charge in [0, 0.05) is 25.2 Å². The standard InChI is InChI=1S/C19H26N4OS/c1-3-23-18(15-10-6-4-7-11-15)20-21-19(23)25-14-17(24)22(2)16-12-8-5-9-13-16/h5,8-9,12-13,15H,3-4,6-7,10-11,14H2,1-2H3. The highest BCUT2D eigenvalue weighted by Crippen LogP contribution is 2.33. The van der Waals surface area contributed by atoms with Gasteiger partial charge in [-0.05, 0) is 31.9 Å². The molecule has 1 aromatic heterocycles. The van der Waals surface area contributed by atoms with Crippen LogP contribution in [0.15, 0.2) is 35.5 Å². The van der Waals surface area contributed by atoms with Gasteiger partial charge < -0.3 is 9.47 Å². The summed E-state index contributed by atoms with van der Waals surface area (Å²) in [7, 11) is 1.82. The summed E-state index contributed by atoms with van der Waals surface area (Å²) in [5, 5.41) is 9.69. The highest BCUT2D eigenvalue weighted by atomic mass is 32.2. The number of hydrogen-bond donors (Lipinski definition) is 0. The van der Waals surface area contributed by atoms with E-state index in [2.05, 4.69) is 21.7 Å². The van der Waals surface area contributed by atoms with Crippen LogP contribution in [0.25, 0.3) is 0 Å². The molecule has 2 aromatic rings. The first-order valence-electron chi connectivity index (χ1n) is 9.08. The molecule has 0 saturated heterocycles. The van der Waals surface area contributed by atoms with Crippen LogP contribution in [0.4, 0.5) is 5.69 Å². The molecule has 0 spiro atoms. The second-order valence-electron chi connectivity index (χ2n) is 6.50. The van der Waals surface area contributed by atoms with E-state index in [0.29, 0.717) is 11.7 Å². The maximum absolute atomic E-state index is 12.5. The molecule has 0 bridgehead atoms. The van der Waals surface area contributed by atoms with Crippen molar-refractivity contribution in [2.24, 2.45) is 0 Å². The summed E-state index contributed by atoms with van der Waals surface area (Å²) < 4.78 is 2.19. The Balaban J connectivity index is 1.65. The van der Waals surface area contributed by atoms with E-state index in [0.717, 1.165) is 23.2 Å². The largest absolute Gasteiger partial charge is 0.315 e. The van der Waals surface area contributed by atoms with Crippen molar-refractivity contribution in [3.8, 4) is 0 Å². The maximum atomic E-state index is 12.5. The van der Waals surface area contributed by atoms with E-state index in [1.165, 1.54) is 43.9 Å². The molecule has 0 unspecified atom stereocenters. The second-order valence-corrected chi connectivity index (χ2v) is 7.44. The third-order valence-electron chi connectivity index (χ3n) is 4.87. The van der Waals surface area contributed by atoms with Crippen molar-refractivity contribution >= 4 is 23.4 Å². The van der Waals surface area contributed by atoms with Crippen LogP contribution in [-0.4, -0.2) is 33.5 Å². The lowest BCUT2D eigenvalue weighted by atomic mass is 9.89. The van der Waals surface area contributed by atoms with Crippen LogP contribution in [0.1, 0.15) is 50.8 Å². The molecular formula is C19H26N4OS. The molecule has 1 heterocycles. The number of anilines is 1.